The van der Waals surface area contributed by atoms with Crippen molar-refractivity contribution in [3.63, 3.8) is 0 Å². The van der Waals surface area contributed by atoms with Crippen molar-refractivity contribution < 1.29 is 13.2 Å². The SMILES string of the molecule is CCCC1CCC(c2ccccc2C2(F)C=C(F)CC=C2F)CC1. The largest absolute Gasteiger partial charge is 0.226 e. The van der Waals surface area contributed by atoms with Gasteiger partial charge in [-0.05, 0) is 55.2 Å². The van der Waals surface area contributed by atoms with E-state index in [0.29, 0.717) is 0 Å². The van der Waals surface area contributed by atoms with Crippen LogP contribution in [0, 0.1) is 5.92 Å². The summed E-state index contributed by atoms with van der Waals surface area (Å²) in [6.07, 6.45) is 8.36. The molecule has 1 unspecified atom stereocenters. The van der Waals surface area contributed by atoms with Crippen molar-refractivity contribution in [2.45, 2.75) is 63.5 Å². The summed E-state index contributed by atoms with van der Waals surface area (Å²) in [6.45, 7) is 2.20. The van der Waals surface area contributed by atoms with Crippen molar-refractivity contribution in [2.75, 3.05) is 0 Å². The fourth-order valence-corrected chi connectivity index (χ4v) is 4.24. The Balaban J connectivity index is 1.89. The van der Waals surface area contributed by atoms with Crippen LogP contribution in [0.2, 0.25) is 0 Å². The van der Waals surface area contributed by atoms with Gasteiger partial charge >= 0.3 is 0 Å². The van der Waals surface area contributed by atoms with Gasteiger partial charge in [-0.2, -0.15) is 0 Å². The van der Waals surface area contributed by atoms with Crippen LogP contribution >= 0.6 is 0 Å². The lowest BCUT2D eigenvalue weighted by Gasteiger charge is -2.33. The smallest absolute Gasteiger partial charge is 0.207 e. The monoisotopic (exact) mass is 334 g/mol. The van der Waals surface area contributed by atoms with Gasteiger partial charge in [-0.25, -0.2) is 13.2 Å². The maximum atomic E-state index is 15.4. The van der Waals surface area contributed by atoms with E-state index in [9.17, 15) is 8.78 Å². The zero-order valence-electron chi connectivity index (χ0n) is 14.2. The van der Waals surface area contributed by atoms with Gasteiger partial charge in [0.15, 0.2) is 0 Å². The first-order valence-electron chi connectivity index (χ1n) is 9.06. The fraction of sp³-hybridized carbons (Fsp3) is 0.524. The van der Waals surface area contributed by atoms with Crippen molar-refractivity contribution in [1.29, 1.82) is 0 Å². The Morgan fingerprint density at radius 3 is 2.50 bits per heavy atom. The molecular weight excluding hydrogens is 309 g/mol. The number of benzene rings is 1. The van der Waals surface area contributed by atoms with E-state index in [4.69, 9.17) is 0 Å². The molecular formula is C21H25F3. The summed E-state index contributed by atoms with van der Waals surface area (Å²) >= 11 is 0. The highest BCUT2D eigenvalue weighted by atomic mass is 19.2. The highest BCUT2D eigenvalue weighted by molar-refractivity contribution is 5.45. The van der Waals surface area contributed by atoms with Gasteiger partial charge in [0.2, 0.25) is 5.67 Å². The van der Waals surface area contributed by atoms with Crippen LogP contribution in [0.4, 0.5) is 13.2 Å². The Kier molecular flexibility index (Phi) is 5.17. The van der Waals surface area contributed by atoms with Gasteiger partial charge in [-0.3, -0.25) is 0 Å². The molecule has 1 atom stereocenters. The number of halogens is 3. The van der Waals surface area contributed by atoms with Gasteiger partial charge in [-0.15, -0.1) is 0 Å². The number of rotatable bonds is 4. The third kappa shape index (κ3) is 3.31. The molecule has 0 saturated heterocycles. The Bertz CT molecular complexity index is 638. The summed E-state index contributed by atoms with van der Waals surface area (Å²) in [6, 6.07) is 7.06. The zero-order chi connectivity index (χ0) is 17.2. The minimum atomic E-state index is -2.46. The predicted molar refractivity (Wildman–Crippen MR) is 91.8 cm³/mol. The highest BCUT2D eigenvalue weighted by Gasteiger charge is 2.41. The third-order valence-corrected chi connectivity index (χ3v) is 5.52. The fourth-order valence-electron chi connectivity index (χ4n) is 4.24. The molecule has 0 radical (unpaired) electrons. The second-order valence-electron chi connectivity index (χ2n) is 7.15. The molecule has 1 aromatic rings. The van der Waals surface area contributed by atoms with Gasteiger partial charge in [-0.1, -0.05) is 44.0 Å². The lowest BCUT2D eigenvalue weighted by atomic mass is 9.74. The molecule has 130 valence electrons. The molecule has 1 aromatic carbocycles. The first kappa shape index (κ1) is 17.3. The lowest BCUT2D eigenvalue weighted by Crippen LogP contribution is -2.25. The predicted octanol–water partition coefficient (Wildman–Crippen LogP) is 7.04. The highest BCUT2D eigenvalue weighted by Crippen LogP contribution is 2.47. The molecule has 0 N–H and O–H groups in total. The molecule has 0 amide bonds. The summed E-state index contributed by atoms with van der Waals surface area (Å²) in [5, 5.41) is 0. The minimum Gasteiger partial charge on any atom is -0.226 e. The number of allylic oxidation sites excluding steroid dienone is 4. The summed E-state index contributed by atoms with van der Waals surface area (Å²) in [5.74, 6) is -0.522. The van der Waals surface area contributed by atoms with E-state index in [1.807, 2.05) is 12.1 Å². The quantitative estimate of drug-likeness (QED) is 0.554. The molecule has 1 fully saturated rings. The van der Waals surface area contributed by atoms with Gasteiger partial charge in [0, 0.05) is 12.0 Å². The molecule has 0 nitrogen and oxygen atoms in total. The van der Waals surface area contributed by atoms with E-state index in [1.54, 1.807) is 12.1 Å². The Morgan fingerprint density at radius 1 is 1.08 bits per heavy atom. The summed E-state index contributed by atoms with van der Waals surface area (Å²) in [4.78, 5) is 0. The molecule has 3 heteroatoms. The van der Waals surface area contributed by atoms with E-state index in [0.717, 1.165) is 49.3 Å². The maximum absolute atomic E-state index is 15.4. The molecule has 0 heterocycles. The van der Waals surface area contributed by atoms with Crippen molar-refractivity contribution in [3.8, 4) is 0 Å². The van der Waals surface area contributed by atoms with Gasteiger partial charge in [0.1, 0.15) is 11.7 Å². The second-order valence-corrected chi connectivity index (χ2v) is 7.15. The third-order valence-electron chi connectivity index (χ3n) is 5.52. The van der Waals surface area contributed by atoms with Crippen LogP contribution in [-0.2, 0) is 5.67 Å². The van der Waals surface area contributed by atoms with Gasteiger partial charge in [0.05, 0.1) is 0 Å². The zero-order valence-corrected chi connectivity index (χ0v) is 14.2. The van der Waals surface area contributed by atoms with Crippen molar-refractivity contribution in [1.82, 2.24) is 0 Å². The molecule has 0 aromatic heterocycles. The average Bonchev–Trinajstić information content (AvgIpc) is 2.59. The van der Waals surface area contributed by atoms with E-state index in [-0.39, 0.29) is 17.9 Å². The van der Waals surface area contributed by atoms with Crippen molar-refractivity contribution >= 4 is 0 Å². The first-order valence-corrected chi connectivity index (χ1v) is 9.06. The summed E-state index contributed by atoms with van der Waals surface area (Å²) in [7, 11) is 0. The molecule has 24 heavy (non-hydrogen) atoms. The van der Waals surface area contributed by atoms with Gasteiger partial charge < -0.3 is 0 Å². The topological polar surface area (TPSA) is 0 Å². The van der Waals surface area contributed by atoms with Crippen LogP contribution in [0.5, 0.6) is 0 Å². The van der Waals surface area contributed by atoms with Crippen LogP contribution in [-0.4, -0.2) is 0 Å². The van der Waals surface area contributed by atoms with Crippen LogP contribution in [0.15, 0.2) is 48.1 Å². The number of alkyl halides is 1. The molecule has 2 aliphatic rings. The summed E-state index contributed by atoms with van der Waals surface area (Å²) in [5.41, 5.74) is -1.35. The van der Waals surface area contributed by atoms with E-state index in [2.05, 4.69) is 6.92 Å². The Hall–Kier alpha value is -1.51. The normalized spacial score (nSPS) is 30.7. The standard InChI is InChI=1S/C21H25F3/c1-2-5-15-8-10-16(11-9-15)18-6-3-4-7-19(18)21(24)14-17(22)12-13-20(21)23/h3-4,6-7,13-16H,2,5,8-12H2,1H3. The van der Waals surface area contributed by atoms with Crippen LogP contribution in [0.25, 0.3) is 0 Å². The maximum Gasteiger partial charge on any atom is 0.207 e. The minimum absolute atomic E-state index is 0.165. The first-order chi connectivity index (χ1) is 11.5. The van der Waals surface area contributed by atoms with Gasteiger partial charge in [0.25, 0.3) is 0 Å². The second kappa shape index (κ2) is 7.16. The molecule has 0 bridgehead atoms. The van der Waals surface area contributed by atoms with Crippen LogP contribution in [0.1, 0.15) is 68.9 Å². The van der Waals surface area contributed by atoms with Crippen molar-refractivity contribution in [2.24, 2.45) is 5.92 Å². The lowest BCUT2D eigenvalue weighted by molar-refractivity contribution is 0.223. The Morgan fingerprint density at radius 2 is 1.79 bits per heavy atom. The Labute approximate surface area is 142 Å². The molecule has 0 spiro atoms. The molecule has 2 aliphatic carbocycles. The van der Waals surface area contributed by atoms with E-state index >= 15 is 4.39 Å². The number of hydrogen-bond acceptors (Lipinski definition) is 0. The van der Waals surface area contributed by atoms with Crippen molar-refractivity contribution in [3.05, 3.63) is 59.2 Å². The van der Waals surface area contributed by atoms with E-state index in [1.165, 1.54) is 12.8 Å². The van der Waals surface area contributed by atoms with Crippen LogP contribution < -0.4 is 0 Å². The summed E-state index contributed by atoms with van der Waals surface area (Å²) < 4.78 is 43.3. The van der Waals surface area contributed by atoms with Crippen LogP contribution in [0.3, 0.4) is 0 Å². The molecule has 3 rings (SSSR count). The number of hydrogen-bond donors (Lipinski definition) is 0. The molecule has 1 saturated carbocycles. The van der Waals surface area contributed by atoms with E-state index < -0.39 is 17.3 Å². The molecule has 0 aliphatic heterocycles. The average molecular weight is 334 g/mol.